The molecule has 1 aromatic heterocycles. The highest BCUT2D eigenvalue weighted by Crippen LogP contribution is 2.30. The SMILES string of the molecule is COc1ccc(-c2nnn(CC(=O)N(CC(=O)NC3CCCCC3)c3ccc(C(C)C)cc3)n2)cc1OC. The number of benzene rings is 2. The van der Waals surface area contributed by atoms with Crippen molar-refractivity contribution in [2.75, 3.05) is 25.7 Å². The van der Waals surface area contributed by atoms with Gasteiger partial charge in [-0.3, -0.25) is 9.59 Å². The van der Waals surface area contributed by atoms with Gasteiger partial charge in [-0.1, -0.05) is 45.2 Å². The molecule has 0 radical (unpaired) electrons. The van der Waals surface area contributed by atoms with E-state index in [1.165, 1.54) is 16.1 Å². The Labute approximate surface area is 223 Å². The Morgan fingerprint density at radius 2 is 1.74 bits per heavy atom. The molecule has 0 spiro atoms. The molecule has 1 aliphatic carbocycles. The number of aromatic nitrogens is 4. The van der Waals surface area contributed by atoms with Crippen LogP contribution in [0.25, 0.3) is 11.4 Å². The van der Waals surface area contributed by atoms with Crippen LogP contribution in [0.3, 0.4) is 0 Å². The van der Waals surface area contributed by atoms with E-state index >= 15 is 0 Å². The molecule has 10 heteroatoms. The van der Waals surface area contributed by atoms with Crippen molar-refractivity contribution in [1.82, 2.24) is 25.5 Å². The molecule has 0 aliphatic heterocycles. The molecule has 0 bridgehead atoms. The Morgan fingerprint density at radius 3 is 2.39 bits per heavy atom. The molecular weight excluding hydrogens is 484 g/mol. The predicted octanol–water partition coefficient (Wildman–Crippen LogP) is 3.96. The third-order valence-corrected chi connectivity index (χ3v) is 6.82. The summed E-state index contributed by atoms with van der Waals surface area (Å²) in [7, 11) is 3.12. The van der Waals surface area contributed by atoms with Crippen molar-refractivity contribution in [2.45, 2.75) is 64.5 Å². The van der Waals surface area contributed by atoms with Crippen LogP contribution in [0.5, 0.6) is 11.5 Å². The molecule has 0 unspecified atom stereocenters. The molecule has 4 rings (SSSR count). The highest BCUT2D eigenvalue weighted by atomic mass is 16.5. The Morgan fingerprint density at radius 1 is 1.03 bits per heavy atom. The summed E-state index contributed by atoms with van der Waals surface area (Å²) in [5.41, 5.74) is 2.48. The number of ether oxygens (including phenoxy) is 2. The van der Waals surface area contributed by atoms with Crippen LogP contribution < -0.4 is 19.7 Å². The first-order chi connectivity index (χ1) is 18.4. The number of methoxy groups -OCH3 is 2. The first-order valence-electron chi connectivity index (χ1n) is 13.1. The van der Waals surface area contributed by atoms with E-state index in [0.29, 0.717) is 34.5 Å². The van der Waals surface area contributed by atoms with E-state index in [1.807, 2.05) is 24.3 Å². The van der Waals surface area contributed by atoms with E-state index in [2.05, 4.69) is 34.6 Å². The number of carbonyl (C=O) groups is 2. The zero-order chi connectivity index (χ0) is 27.1. The van der Waals surface area contributed by atoms with E-state index < -0.39 is 0 Å². The fraction of sp³-hybridized carbons (Fsp3) is 0.464. The average molecular weight is 521 g/mol. The summed E-state index contributed by atoms with van der Waals surface area (Å²) in [6.07, 6.45) is 5.39. The minimum Gasteiger partial charge on any atom is -0.493 e. The molecule has 1 saturated carbocycles. The summed E-state index contributed by atoms with van der Waals surface area (Å²) in [5.74, 6) is 1.36. The molecule has 0 saturated heterocycles. The van der Waals surface area contributed by atoms with Crippen molar-refractivity contribution < 1.29 is 19.1 Å². The zero-order valence-corrected chi connectivity index (χ0v) is 22.5. The van der Waals surface area contributed by atoms with E-state index in [-0.39, 0.29) is 30.9 Å². The minimum absolute atomic E-state index is 0.0758. The maximum absolute atomic E-state index is 13.5. The summed E-state index contributed by atoms with van der Waals surface area (Å²) in [4.78, 5) is 29.1. The van der Waals surface area contributed by atoms with Crippen molar-refractivity contribution in [1.29, 1.82) is 0 Å². The number of nitrogens with zero attached hydrogens (tertiary/aromatic N) is 5. The van der Waals surface area contributed by atoms with Crippen LogP contribution in [-0.4, -0.2) is 58.8 Å². The topological polar surface area (TPSA) is 111 Å². The van der Waals surface area contributed by atoms with Gasteiger partial charge < -0.3 is 19.7 Å². The highest BCUT2D eigenvalue weighted by molar-refractivity contribution is 5.98. The Balaban J connectivity index is 1.51. The lowest BCUT2D eigenvalue weighted by atomic mass is 9.95. The molecule has 1 N–H and O–H groups in total. The lowest BCUT2D eigenvalue weighted by Gasteiger charge is -2.26. The molecule has 3 aromatic rings. The van der Waals surface area contributed by atoms with E-state index in [9.17, 15) is 9.59 Å². The first kappa shape index (κ1) is 27.1. The highest BCUT2D eigenvalue weighted by Gasteiger charge is 2.23. The predicted molar refractivity (Wildman–Crippen MR) is 144 cm³/mol. The summed E-state index contributed by atoms with van der Waals surface area (Å²) >= 11 is 0. The summed E-state index contributed by atoms with van der Waals surface area (Å²) in [6.45, 7) is 3.99. The molecule has 2 aromatic carbocycles. The van der Waals surface area contributed by atoms with Gasteiger partial charge in [0.25, 0.3) is 5.91 Å². The molecule has 10 nitrogen and oxygen atoms in total. The van der Waals surface area contributed by atoms with Crippen LogP contribution in [0.15, 0.2) is 42.5 Å². The standard InChI is InChI=1S/C28H36N6O4/c1-19(2)20-10-13-23(14-11-20)33(17-26(35)29-22-8-6-5-7-9-22)27(36)18-34-31-28(30-32-34)21-12-15-24(37-3)25(16-21)38-4/h10-16,19,22H,5-9,17-18H2,1-4H3,(H,29,35). The van der Waals surface area contributed by atoms with Gasteiger partial charge in [0.05, 0.1) is 14.2 Å². The van der Waals surface area contributed by atoms with Crippen molar-refractivity contribution in [3.05, 3.63) is 48.0 Å². The van der Waals surface area contributed by atoms with Gasteiger partial charge in [-0.15, -0.1) is 10.2 Å². The van der Waals surface area contributed by atoms with Crippen LogP contribution >= 0.6 is 0 Å². The molecule has 1 heterocycles. The van der Waals surface area contributed by atoms with Gasteiger partial charge in [0.15, 0.2) is 11.5 Å². The molecular formula is C28H36N6O4. The quantitative estimate of drug-likeness (QED) is 0.431. The lowest BCUT2D eigenvalue weighted by Crippen LogP contribution is -2.46. The number of tetrazole rings is 1. The number of hydrogen-bond acceptors (Lipinski definition) is 7. The second-order valence-corrected chi connectivity index (χ2v) is 9.84. The number of nitrogens with one attached hydrogen (secondary N) is 1. The number of amides is 2. The van der Waals surface area contributed by atoms with Gasteiger partial charge in [0.1, 0.15) is 13.1 Å². The minimum atomic E-state index is -0.308. The molecule has 202 valence electrons. The van der Waals surface area contributed by atoms with Crippen LogP contribution in [0.2, 0.25) is 0 Å². The average Bonchev–Trinajstić information content (AvgIpc) is 3.40. The van der Waals surface area contributed by atoms with Crippen LogP contribution in [0.1, 0.15) is 57.4 Å². The summed E-state index contributed by atoms with van der Waals surface area (Å²) in [6, 6.07) is 13.2. The maximum atomic E-state index is 13.5. The molecule has 0 atom stereocenters. The maximum Gasteiger partial charge on any atom is 0.251 e. The zero-order valence-electron chi connectivity index (χ0n) is 22.5. The lowest BCUT2D eigenvalue weighted by molar-refractivity contribution is -0.124. The van der Waals surface area contributed by atoms with Crippen molar-refractivity contribution in [3.8, 4) is 22.9 Å². The summed E-state index contributed by atoms with van der Waals surface area (Å²) < 4.78 is 10.6. The monoisotopic (exact) mass is 520 g/mol. The third-order valence-electron chi connectivity index (χ3n) is 6.82. The largest absolute Gasteiger partial charge is 0.493 e. The van der Waals surface area contributed by atoms with Gasteiger partial charge in [-0.2, -0.15) is 4.80 Å². The second-order valence-electron chi connectivity index (χ2n) is 9.84. The molecule has 1 aliphatic rings. The third kappa shape index (κ3) is 6.67. The first-order valence-corrected chi connectivity index (χ1v) is 13.1. The second kappa shape index (κ2) is 12.5. The number of rotatable bonds is 10. The van der Waals surface area contributed by atoms with Crippen LogP contribution in [-0.2, 0) is 16.1 Å². The Kier molecular flexibility index (Phi) is 8.93. The Hall–Kier alpha value is -3.95. The molecule has 2 amide bonds. The normalized spacial score (nSPS) is 13.8. The van der Waals surface area contributed by atoms with Crippen molar-refractivity contribution >= 4 is 17.5 Å². The van der Waals surface area contributed by atoms with Gasteiger partial charge in [-0.05, 0) is 59.9 Å². The molecule has 1 fully saturated rings. The summed E-state index contributed by atoms with van der Waals surface area (Å²) in [5, 5.41) is 15.7. The molecule has 38 heavy (non-hydrogen) atoms. The van der Waals surface area contributed by atoms with Crippen LogP contribution in [0, 0.1) is 0 Å². The smallest absolute Gasteiger partial charge is 0.251 e. The number of anilines is 1. The van der Waals surface area contributed by atoms with E-state index in [1.54, 1.807) is 32.4 Å². The van der Waals surface area contributed by atoms with Crippen LogP contribution in [0.4, 0.5) is 5.69 Å². The fourth-order valence-corrected chi connectivity index (χ4v) is 4.63. The van der Waals surface area contributed by atoms with E-state index in [4.69, 9.17) is 9.47 Å². The number of carbonyl (C=O) groups excluding carboxylic acids is 2. The fourth-order valence-electron chi connectivity index (χ4n) is 4.63. The number of hydrogen-bond donors (Lipinski definition) is 1. The van der Waals surface area contributed by atoms with Crippen molar-refractivity contribution in [3.63, 3.8) is 0 Å². The van der Waals surface area contributed by atoms with E-state index in [0.717, 1.165) is 31.2 Å². The van der Waals surface area contributed by atoms with Gasteiger partial charge in [-0.25, -0.2) is 0 Å². The Bertz CT molecular complexity index is 1230. The van der Waals surface area contributed by atoms with Crippen molar-refractivity contribution in [2.24, 2.45) is 0 Å². The van der Waals surface area contributed by atoms with Gasteiger partial charge >= 0.3 is 0 Å². The van der Waals surface area contributed by atoms with Gasteiger partial charge in [0, 0.05) is 17.3 Å². The van der Waals surface area contributed by atoms with Gasteiger partial charge in [0.2, 0.25) is 11.7 Å².